The number of carboxylic acids is 1. The Labute approximate surface area is 156 Å². The lowest BCUT2D eigenvalue weighted by molar-refractivity contribution is 0.0659. The third kappa shape index (κ3) is 5.22. The first-order chi connectivity index (χ1) is 13.1. The number of benzene rings is 2. The van der Waals surface area contributed by atoms with Crippen molar-refractivity contribution in [3.05, 3.63) is 95.4 Å². The van der Waals surface area contributed by atoms with Crippen LogP contribution >= 0.6 is 0 Å². The van der Waals surface area contributed by atoms with Gasteiger partial charge in [0.25, 0.3) is 0 Å². The van der Waals surface area contributed by atoms with E-state index in [1.165, 1.54) is 6.07 Å². The average Bonchev–Trinajstić information content (AvgIpc) is 3.18. The van der Waals surface area contributed by atoms with Crippen LogP contribution in [0, 0.1) is 0 Å². The van der Waals surface area contributed by atoms with Crippen molar-refractivity contribution < 1.29 is 23.8 Å². The molecule has 6 heteroatoms. The van der Waals surface area contributed by atoms with Crippen molar-refractivity contribution in [3.8, 4) is 0 Å². The summed E-state index contributed by atoms with van der Waals surface area (Å²) in [6.07, 6.45) is -0.165. The Morgan fingerprint density at radius 1 is 0.926 bits per heavy atom. The Balaban J connectivity index is 1.70. The fraction of sp³-hybridized carbons (Fsp3) is 0.143. The van der Waals surface area contributed by atoms with Crippen LogP contribution in [0.4, 0.5) is 4.79 Å². The molecule has 0 radical (unpaired) electrons. The van der Waals surface area contributed by atoms with E-state index in [2.05, 4.69) is 5.32 Å². The monoisotopic (exact) mass is 365 g/mol. The van der Waals surface area contributed by atoms with E-state index in [1.54, 1.807) is 6.07 Å². The molecule has 0 bridgehead atoms. The molecule has 0 unspecified atom stereocenters. The molecule has 3 aromatic rings. The predicted molar refractivity (Wildman–Crippen MR) is 98.3 cm³/mol. The fourth-order valence-electron chi connectivity index (χ4n) is 2.63. The van der Waals surface area contributed by atoms with Crippen molar-refractivity contribution in [1.82, 2.24) is 5.32 Å². The number of ether oxygens (including phenoxy) is 1. The van der Waals surface area contributed by atoms with Crippen molar-refractivity contribution in [1.29, 1.82) is 0 Å². The number of furan rings is 1. The van der Waals surface area contributed by atoms with Gasteiger partial charge in [0.05, 0.1) is 6.04 Å². The van der Waals surface area contributed by atoms with E-state index in [-0.39, 0.29) is 12.4 Å². The van der Waals surface area contributed by atoms with Crippen LogP contribution in [0.3, 0.4) is 0 Å². The molecule has 27 heavy (non-hydrogen) atoms. The number of rotatable bonds is 7. The number of carboxylic acid groups (broad SMARTS) is 1. The molecule has 0 aliphatic heterocycles. The lowest BCUT2D eigenvalue weighted by atomic mass is 10.0. The third-order valence-corrected chi connectivity index (χ3v) is 3.97. The van der Waals surface area contributed by atoms with E-state index in [4.69, 9.17) is 14.3 Å². The third-order valence-electron chi connectivity index (χ3n) is 3.97. The van der Waals surface area contributed by atoms with E-state index in [0.29, 0.717) is 12.2 Å². The Hall–Kier alpha value is -3.54. The zero-order chi connectivity index (χ0) is 19.1. The minimum absolute atomic E-state index is 0.142. The molecule has 0 fully saturated rings. The van der Waals surface area contributed by atoms with Gasteiger partial charge in [-0.15, -0.1) is 0 Å². The second kappa shape index (κ2) is 8.71. The predicted octanol–water partition coefficient (Wildman–Crippen LogP) is 4.19. The van der Waals surface area contributed by atoms with Gasteiger partial charge in [0.15, 0.2) is 0 Å². The van der Waals surface area contributed by atoms with Gasteiger partial charge in [-0.05, 0) is 23.3 Å². The first kappa shape index (κ1) is 18.3. The fourth-order valence-corrected chi connectivity index (χ4v) is 2.63. The summed E-state index contributed by atoms with van der Waals surface area (Å²) in [5.74, 6) is -0.984. The summed E-state index contributed by atoms with van der Waals surface area (Å²) in [7, 11) is 0. The number of hydrogen-bond donors (Lipinski definition) is 2. The van der Waals surface area contributed by atoms with Crippen LogP contribution in [0.1, 0.15) is 33.5 Å². The zero-order valence-electron chi connectivity index (χ0n) is 14.5. The maximum atomic E-state index is 12.2. The summed E-state index contributed by atoms with van der Waals surface area (Å²) in [5.41, 5.74) is 1.84. The van der Waals surface area contributed by atoms with E-state index in [1.807, 2.05) is 60.7 Å². The molecule has 2 N–H and O–H groups in total. The Morgan fingerprint density at radius 2 is 1.56 bits per heavy atom. The molecule has 138 valence electrons. The van der Waals surface area contributed by atoms with Crippen LogP contribution in [0.25, 0.3) is 0 Å². The highest BCUT2D eigenvalue weighted by Crippen LogP contribution is 2.21. The lowest BCUT2D eigenvalue weighted by Gasteiger charge is -2.17. The summed E-state index contributed by atoms with van der Waals surface area (Å²) in [6, 6.07) is 21.2. The van der Waals surface area contributed by atoms with E-state index < -0.39 is 18.1 Å². The van der Waals surface area contributed by atoms with E-state index >= 15 is 0 Å². The van der Waals surface area contributed by atoms with Crippen LogP contribution in [0.5, 0.6) is 0 Å². The van der Waals surface area contributed by atoms with Gasteiger partial charge in [0.1, 0.15) is 12.4 Å². The molecule has 1 amide bonds. The topological polar surface area (TPSA) is 88.8 Å². The van der Waals surface area contributed by atoms with Crippen LogP contribution < -0.4 is 5.32 Å². The molecule has 3 rings (SSSR count). The van der Waals surface area contributed by atoms with Crippen LogP contribution in [0.2, 0.25) is 0 Å². The van der Waals surface area contributed by atoms with Crippen molar-refractivity contribution in [3.63, 3.8) is 0 Å². The Kier molecular flexibility index (Phi) is 5.89. The maximum absolute atomic E-state index is 12.2. The molecule has 1 heterocycles. The second-order valence-corrected chi connectivity index (χ2v) is 5.96. The number of alkyl carbamates (subject to hydrolysis) is 1. The molecule has 0 saturated carbocycles. The molecule has 0 aliphatic carbocycles. The van der Waals surface area contributed by atoms with E-state index in [9.17, 15) is 9.59 Å². The normalized spacial score (nSPS) is 11.6. The number of amides is 1. The first-order valence-electron chi connectivity index (χ1n) is 8.46. The smallest absolute Gasteiger partial charge is 0.408 e. The molecule has 1 aromatic heterocycles. The lowest BCUT2D eigenvalue weighted by Crippen LogP contribution is -2.30. The van der Waals surface area contributed by atoms with E-state index in [0.717, 1.165) is 11.1 Å². The minimum atomic E-state index is -1.16. The summed E-state index contributed by atoms with van der Waals surface area (Å²) >= 11 is 0. The molecule has 2 aromatic carbocycles. The van der Waals surface area contributed by atoms with Gasteiger partial charge >= 0.3 is 12.1 Å². The summed E-state index contributed by atoms with van der Waals surface area (Å²) in [6.45, 7) is 0.142. The number of hydrogen-bond acceptors (Lipinski definition) is 4. The van der Waals surface area contributed by atoms with Crippen molar-refractivity contribution in [2.45, 2.75) is 19.1 Å². The van der Waals surface area contributed by atoms with Gasteiger partial charge < -0.3 is 19.6 Å². The SMILES string of the molecule is O=C(N[C@@H](Cc1ccccc1)c1ccc(C(=O)O)o1)OCc1ccccc1. The summed E-state index contributed by atoms with van der Waals surface area (Å²) in [4.78, 5) is 23.3. The standard InChI is InChI=1S/C21H19NO5/c23-20(24)19-12-11-18(27-19)17(13-15-7-3-1-4-8-15)22-21(25)26-14-16-9-5-2-6-10-16/h1-12,17H,13-14H2,(H,22,25)(H,23,24)/t17-/m0/s1. The number of nitrogens with one attached hydrogen (secondary N) is 1. The van der Waals surface area contributed by atoms with Gasteiger partial charge in [-0.3, -0.25) is 0 Å². The van der Waals surface area contributed by atoms with Crippen molar-refractivity contribution in [2.24, 2.45) is 0 Å². The van der Waals surface area contributed by atoms with Gasteiger partial charge in [0.2, 0.25) is 5.76 Å². The highest BCUT2D eigenvalue weighted by molar-refractivity contribution is 5.84. The zero-order valence-corrected chi connectivity index (χ0v) is 14.5. The number of carbonyl (C=O) groups excluding carboxylic acids is 1. The van der Waals surface area contributed by atoms with Gasteiger partial charge in [-0.25, -0.2) is 9.59 Å². The summed E-state index contributed by atoms with van der Waals surface area (Å²) in [5, 5.41) is 11.8. The first-order valence-corrected chi connectivity index (χ1v) is 8.46. The molecule has 6 nitrogen and oxygen atoms in total. The van der Waals surface area contributed by atoms with Crippen LogP contribution in [0.15, 0.2) is 77.2 Å². The summed E-state index contributed by atoms with van der Waals surface area (Å²) < 4.78 is 10.6. The molecular weight excluding hydrogens is 346 g/mol. The quantitative estimate of drug-likeness (QED) is 0.655. The Morgan fingerprint density at radius 3 is 2.15 bits per heavy atom. The molecule has 0 spiro atoms. The van der Waals surface area contributed by atoms with Crippen LogP contribution in [-0.2, 0) is 17.8 Å². The Bertz CT molecular complexity index is 889. The van der Waals surface area contributed by atoms with Gasteiger partial charge in [0, 0.05) is 6.42 Å². The number of carbonyl (C=O) groups is 2. The molecule has 0 aliphatic rings. The minimum Gasteiger partial charge on any atom is -0.475 e. The molecule has 0 saturated heterocycles. The molecule has 1 atom stereocenters. The largest absolute Gasteiger partial charge is 0.475 e. The second-order valence-electron chi connectivity index (χ2n) is 5.96. The van der Waals surface area contributed by atoms with Gasteiger partial charge in [-0.1, -0.05) is 60.7 Å². The van der Waals surface area contributed by atoms with Crippen LogP contribution in [-0.4, -0.2) is 17.2 Å². The van der Waals surface area contributed by atoms with Crippen molar-refractivity contribution >= 4 is 12.1 Å². The van der Waals surface area contributed by atoms with Gasteiger partial charge in [-0.2, -0.15) is 0 Å². The number of aromatic carboxylic acids is 1. The molecular formula is C21H19NO5. The highest BCUT2D eigenvalue weighted by Gasteiger charge is 2.21. The maximum Gasteiger partial charge on any atom is 0.408 e. The average molecular weight is 365 g/mol. The highest BCUT2D eigenvalue weighted by atomic mass is 16.5. The van der Waals surface area contributed by atoms with Crippen molar-refractivity contribution in [2.75, 3.05) is 0 Å².